The molecule has 7 nitrogen and oxygen atoms in total. The number of rotatable bonds is 5. The SMILES string of the molecule is CC[C@H](C)NC(=O)[C@H]1COC2(CCN(C(=O)c3ccccc3C)CC2)N1C(=O)c1ccc(C)cc1. The molecule has 3 amide bonds. The number of hydrogen-bond donors (Lipinski definition) is 1. The number of piperidine rings is 1. The van der Waals surface area contributed by atoms with E-state index in [1.165, 1.54) is 0 Å². The van der Waals surface area contributed by atoms with E-state index in [1.54, 1.807) is 17.0 Å². The summed E-state index contributed by atoms with van der Waals surface area (Å²) in [6.45, 7) is 8.90. The Labute approximate surface area is 207 Å². The topological polar surface area (TPSA) is 79.0 Å². The minimum atomic E-state index is -0.915. The molecule has 186 valence electrons. The lowest BCUT2D eigenvalue weighted by molar-refractivity contribution is -0.128. The molecular weight excluding hydrogens is 442 g/mol. The molecule has 2 fully saturated rings. The minimum Gasteiger partial charge on any atom is -0.353 e. The van der Waals surface area contributed by atoms with Gasteiger partial charge in [-0.15, -0.1) is 0 Å². The second-order valence-electron chi connectivity index (χ2n) is 9.74. The van der Waals surface area contributed by atoms with Crippen LogP contribution in [0.15, 0.2) is 48.5 Å². The number of benzene rings is 2. The molecule has 0 aliphatic carbocycles. The highest BCUT2D eigenvalue weighted by Crippen LogP contribution is 2.39. The van der Waals surface area contributed by atoms with Crippen LogP contribution in [0.3, 0.4) is 0 Å². The van der Waals surface area contributed by atoms with E-state index in [0.717, 1.165) is 17.5 Å². The number of aryl methyl sites for hydroxylation is 2. The maximum absolute atomic E-state index is 13.8. The van der Waals surface area contributed by atoms with Gasteiger partial charge in [0.15, 0.2) is 0 Å². The van der Waals surface area contributed by atoms with Crippen molar-refractivity contribution in [1.29, 1.82) is 0 Å². The number of carbonyl (C=O) groups excluding carboxylic acids is 3. The Morgan fingerprint density at radius 1 is 1.03 bits per heavy atom. The van der Waals surface area contributed by atoms with Gasteiger partial charge < -0.3 is 15.0 Å². The number of nitrogens with zero attached hydrogens (tertiary/aromatic N) is 2. The normalized spacial score (nSPS) is 20.1. The van der Waals surface area contributed by atoms with Crippen LogP contribution in [0.25, 0.3) is 0 Å². The smallest absolute Gasteiger partial charge is 0.256 e. The zero-order valence-corrected chi connectivity index (χ0v) is 21.0. The number of carbonyl (C=O) groups is 3. The maximum atomic E-state index is 13.8. The fourth-order valence-electron chi connectivity index (χ4n) is 4.89. The van der Waals surface area contributed by atoms with Crippen molar-refractivity contribution in [1.82, 2.24) is 15.1 Å². The molecule has 35 heavy (non-hydrogen) atoms. The van der Waals surface area contributed by atoms with Crippen LogP contribution >= 0.6 is 0 Å². The summed E-state index contributed by atoms with van der Waals surface area (Å²) in [6, 6.07) is 14.2. The van der Waals surface area contributed by atoms with Crippen molar-refractivity contribution < 1.29 is 19.1 Å². The average Bonchev–Trinajstić information content (AvgIpc) is 3.23. The van der Waals surface area contributed by atoms with Gasteiger partial charge in [0.25, 0.3) is 11.8 Å². The molecule has 2 aliphatic heterocycles. The van der Waals surface area contributed by atoms with Gasteiger partial charge in [-0.1, -0.05) is 42.8 Å². The van der Waals surface area contributed by atoms with Crippen molar-refractivity contribution >= 4 is 17.7 Å². The van der Waals surface area contributed by atoms with Gasteiger partial charge >= 0.3 is 0 Å². The zero-order chi connectivity index (χ0) is 25.2. The molecule has 2 heterocycles. The van der Waals surface area contributed by atoms with E-state index in [2.05, 4.69) is 5.32 Å². The van der Waals surface area contributed by atoms with Crippen LogP contribution in [0.4, 0.5) is 0 Å². The Hall–Kier alpha value is -3.19. The van der Waals surface area contributed by atoms with Gasteiger partial charge in [0, 0.05) is 43.1 Å². The molecule has 0 radical (unpaired) electrons. The second-order valence-corrected chi connectivity index (χ2v) is 9.74. The van der Waals surface area contributed by atoms with Crippen LogP contribution in [-0.4, -0.2) is 65.0 Å². The highest BCUT2D eigenvalue weighted by atomic mass is 16.5. The van der Waals surface area contributed by atoms with Crippen LogP contribution in [0.5, 0.6) is 0 Å². The first-order chi connectivity index (χ1) is 16.8. The van der Waals surface area contributed by atoms with Gasteiger partial charge in [0.1, 0.15) is 11.8 Å². The lowest BCUT2D eigenvalue weighted by Crippen LogP contribution is -2.60. The summed E-state index contributed by atoms with van der Waals surface area (Å²) in [5.41, 5.74) is 2.30. The van der Waals surface area contributed by atoms with E-state index < -0.39 is 11.8 Å². The first-order valence-electron chi connectivity index (χ1n) is 12.5. The standard InChI is InChI=1S/C28H35N3O4/c1-5-21(4)29-25(32)24-18-35-28(31(24)26(33)22-12-10-19(2)11-13-22)14-16-30(17-15-28)27(34)23-9-7-6-8-20(23)3/h6-13,21,24H,5,14-18H2,1-4H3,(H,29,32)/t21-,24+/m0/s1. The first-order valence-corrected chi connectivity index (χ1v) is 12.5. The third-order valence-corrected chi connectivity index (χ3v) is 7.29. The Morgan fingerprint density at radius 2 is 1.69 bits per heavy atom. The van der Waals surface area contributed by atoms with Gasteiger partial charge in [0.05, 0.1) is 6.61 Å². The van der Waals surface area contributed by atoms with Crippen LogP contribution < -0.4 is 5.32 Å². The maximum Gasteiger partial charge on any atom is 0.256 e. The Bertz CT molecular complexity index is 1090. The molecule has 0 bridgehead atoms. The van der Waals surface area contributed by atoms with E-state index in [4.69, 9.17) is 4.74 Å². The first kappa shape index (κ1) is 24.9. The summed E-state index contributed by atoms with van der Waals surface area (Å²) in [5.74, 6) is -0.431. The molecule has 2 aromatic rings. The number of nitrogens with one attached hydrogen (secondary N) is 1. The molecular formula is C28H35N3O4. The Kier molecular flexibility index (Phi) is 7.26. The van der Waals surface area contributed by atoms with Gasteiger partial charge in [0.2, 0.25) is 5.91 Å². The number of hydrogen-bond acceptors (Lipinski definition) is 4. The highest BCUT2D eigenvalue weighted by molar-refractivity contribution is 5.99. The molecule has 0 saturated carbocycles. The molecule has 4 rings (SSSR count). The molecule has 1 spiro atoms. The largest absolute Gasteiger partial charge is 0.353 e. The number of amides is 3. The van der Waals surface area contributed by atoms with E-state index >= 15 is 0 Å². The molecule has 2 aromatic carbocycles. The highest BCUT2D eigenvalue weighted by Gasteiger charge is 2.54. The minimum absolute atomic E-state index is 0.00366. The Morgan fingerprint density at radius 3 is 2.31 bits per heavy atom. The lowest BCUT2D eigenvalue weighted by Gasteiger charge is -2.44. The third-order valence-electron chi connectivity index (χ3n) is 7.29. The predicted molar refractivity (Wildman–Crippen MR) is 134 cm³/mol. The van der Waals surface area contributed by atoms with Crippen molar-refractivity contribution in [2.45, 2.75) is 64.8 Å². The monoisotopic (exact) mass is 477 g/mol. The Balaban J connectivity index is 1.58. The fourth-order valence-corrected chi connectivity index (χ4v) is 4.89. The quantitative estimate of drug-likeness (QED) is 0.712. The van der Waals surface area contributed by atoms with Crippen molar-refractivity contribution in [3.63, 3.8) is 0 Å². The summed E-state index contributed by atoms with van der Waals surface area (Å²) >= 11 is 0. The fraction of sp³-hybridized carbons (Fsp3) is 0.464. The van der Waals surface area contributed by atoms with E-state index in [0.29, 0.717) is 37.1 Å². The van der Waals surface area contributed by atoms with Gasteiger partial charge in [-0.2, -0.15) is 0 Å². The van der Waals surface area contributed by atoms with Gasteiger partial charge in [-0.3, -0.25) is 19.3 Å². The molecule has 2 atom stereocenters. The van der Waals surface area contributed by atoms with E-state index in [1.807, 2.05) is 69.0 Å². The number of likely N-dealkylation sites (tertiary alicyclic amines) is 1. The number of ether oxygens (including phenoxy) is 1. The summed E-state index contributed by atoms with van der Waals surface area (Å²) in [7, 11) is 0. The third kappa shape index (κ3) is 4.96. The zero-order valence-electron chi connectivity index (χ0n) is 21.0. The molecule has 7 heteroatoms. The average molecular weight is 478 g/mol. The molecule has 1 N–H and O–H groups in total. The van der Waals surface area contributed by atoms with Crippen molar-refractivity contribution in [2.75, 3.05) is 19.7 Å². The van der Waals surface area contributed by atoms with Crippen molar-refractivity contribution in [3.8, 4) is 0 Å². The van der Waals surface area contributed by atoms with Crippen LogP contribution in [0.2, 0.25) is 0 Å². The lowest BCUT2D eigenvalue weighted by atomic mass is 9.95. The molecule has 2 saturated heterocycles. The van der Waals surface area contributed by atoms with Crippen molar-refractivity contribution in [3.05, 3.63) is 70.8 Å². The predicted octanol–water partition coefficient (Wildman–Crippen LogP) is 3.69. The second kappa shape index (κ2) is 10.2. The molecule has 2 aliphatic rings. The van der Waals surface area contributed by atoms with Gasteiger partial charge in [-0.25, -0.2) is 0 Å². The summed E-state index contributed by atoms with van der Waals surface area (Å²) < 4.78 is 6.27. The molecule has 0 aromatic heterocycles. The van der Waals surface area contributed by atoms with Crippen molar-refractivity contribution in [2.24, 2.45) is 0 Å². The summed E-state index contributed by atoms with van der Waals surface area (Å²) in [4.78, 5) is 43.6. The van der Waals surface area contributed by atoms with Crippen LogP contribution in [0, 0.1) is 13.8 Å². The van der Waals surface area contributed by atoms with E-state index in [-0.39, 0.29) is 30.4 Å². The molecule has 0 unspecified atom stereocenters. The van der Waals surface area contributed by atoms with Crippen LogP contribution in [0.1, 0.15) is 65.0 Å². The van der Waals surface area contributed by atoms with Gasteiger partial charge in [-0.05, 0) is 51.0 Å². The van der Waals surface area contributed by atoms with E-state index in [9.17, 15) is 14.4 Å². The summed E-state index contributed by atoms with van der Waals surface area (Å²) in [6.07, 6.45) is 1.71. The van der Waals surface area contributed by atoms with Crippen LogP contribution in [-0.2, 0) is 9.53 Å². The summed E-state index contributed by atoms with van der Waals surface area (Å²) in [5, 5.41) is 3.02.